The maximum atomic E-state index is 10.2. The number of hydrogen-bond donors (Lipinski definition) is 1. The molecule has 2 rings (SSSR count). The zero-order chi connectivity index (χ0) is 11.5. The molecule has 16 heavy (non-hydrogen) atoms. The molecular formula is C12H14N2OS. The van der Waals surface area contributed by atoms with Crippen LogP contribution in [0.4, 0.5) is 0 Å². The molecule has 0 aliphatic heterocycles. The quantitative estimate of drug-likeness (QED) is 0.887. The fraction of sp³-hybridized carbons (Fsp3) is 0.333. The standard InChI is InChI=1S/C12H14N2OS/c1-3-10-12(16-14-13-10)11(15)9-6-4-5-8(2)7-9/h4-7,11,15H,3H2,1-2H3. The van der Waals surface area contributed by atoms with Crippen LogP contribution in [0.2, 0.25) is 0 Å². The highest BCUT2D eigenvalue weighted by molar-refractivity contribution is 7.05. The summed E-state index contributed by atoms with van der Waals surface area (Å²) in [6, 6.07) is 7.89. The summed E-state index contributed by atoms with van der Waals surface area (Å²) in [5.41, 5.74) is 2.94. The Hall–Kier alpha value is -1.26. The lowest BCUT2D eigenvalue weighted by Crippen LogP contribution is -2.01. The van der Waals surface area contributed by atoms with Crippen molar-refractivity contribution in [3.63, 3.8) is 0 Å². The van der Waals surface area contributed by atoms with Crippen molar-refractivity contribution >= 4 is 11.5 Å². The van der Waals surface area contributed by atoms with Crippen molar-refractivity contribution in [1.82, 2.24) is 9.59 Å². The Morgan fingerprint density at radius 1 is 1.44 bits per heavy atom. The van der Waals surface area contributed by atoms with Gasteiger partial charge in [0.25, 0.3) is 0 Å². The molecule has 84 valence electrons. The second-order valence-electron chi connectivity index (χ2n) is 3.75. The average Bonchev–Trinajstić information content (AvgIpc) is 2.76. The van der Waals surface area contributed by atoms with E-state index in [0.717, 1.165) is 28.1 Å². The van der Waals surface area contributed by atoms with Crippen molar-refractivity contribution in [3.8, 4) is 0 Å². The monoisotopic (exact) mass is 234 g/mol. The van der Waals surface area contributed by atoms with Gasteiger partial charge in [0.1, 0.15) is 6.10 Å². The third kappa shape index (κ3) is 2.13. The Balaban J connectivity index is 2.35. The van der Waals surface area contributed by atoms with Crippen LogP contribution in [-0.4, -0.2) is 14.7 Å². The SMILES string of the molecule is CCc1nnsc1C(O)c1cccc(C)c1. The Kier molecular flexibility index (Phi) is 3.31. The molecule has 0 spiro atoms. The Bertz CT molecular complexity index is 481. The van der Waals surface area contributed by atoms with Gasteiger partial charge in [-0.3, -0.25) is 0 Å². The summed E-state index contributed by atoms with van der Waals surface area (Å²) in [6.07, 6.45) is 0.198. The van der Waals surface area contributed by atoms with Crippen molar-refractivity contribution in [2.24, 2.45) is 0 Å². The van der Waals surface area contributed by atoms with E-state index < -0.39 is 6.10 Å². The molecule has 0 saturated carbocycles. The summed E-state index contributed by atoms with van der Waals surface area (Å²) in [7, 11) is 0. The zero-order valence-electron chi connectivity index (χ0n) is 9.34. The van der Waals surface area contributed by atoms with Gasteiger partial charge in [-0.1, -0.05) is 41.2 Å². The second kappa shape index (κ2) is 4.72. The number of aliphatic hydroxyl groups excluding tert-OH is 1. The van der Waals surface area contributed by atoms with Gasteiger partial charge in [-0.2, -0.15) is 0 Å². The van der Waals surface area contributed by atoms with Crippen LogP contribution >= 0.6 is 11.5 Å². The Morgan fingerprint density at radius 2 is 2.25 bits per heavy atom. The summed E-state index contributed by atoms with van der Waals surface area (Å²) in [4.78, 5) is 0.855. The van der Waals surface area contributed by atoms with Gasteiger partial charge in [-0.15, -0.1) is 5.10 Å². The van der Waals surface area contributed by atoms with E-state index in [4.69, 9.17) is 0 Å². The molecule has 0 bridgehead atoms. The van der Waals surface area contributed by atoms with E-state index in [0.29, 0.717) is 0 Å². The third-order valence-electron chi connectivity index (χ3n) is 2.53. The highest BCUT2D eigenvalue weighted by Crippen LogP contribution is 2.27. The minimum Gasteiger partial charge on any atom is -0.383 e. The molecule has 2 aromatic rings. The molecule has 1 aromatic carbocycles. The molecule has 0 radical (unpaired) electrons. The fourth-order valence-corrected chi connectivity index (χ4v) is 2.41. The smallest absolute Gasteiger partial charge is 0.117 e. The first-order valence-corrected chi connectivity index (χ1v) is 6.05. The number of aryl methyl sites for hydroxylation is 2. The van der Waals surface area contributed by atoms with Gasteiger partial charge in [0.2, 0.25) is 0 Å². The second-order valence-corrected chi connectivity index (χ2v) is 4.54. The molecule has 0 aliphatic carbocycles. The topological polar surface area (TPSA) is 46.0 Å². The lowest BCUT2D eigenvalue weighted by molar-refractivity contribution is 0.223. The summed E-state index contributed by atoms with van der Waals surface area (Å²) < 4.78 is 3.89. The Labute approximate surface area is 98.9 Å². The molecule has 0 amide bonds. The van der Waals surface area contributed by atoms with Crippen LogP contribution in [0, 0.1) is 6.92 Å². The molecule has 1 N–H and O–H groups in total. The zero-order valence-corrected chi connectivity index (χ0v) is 10.2. The number of aliphatic hydroxyl groups is 1. The van der Waals surface area contributed by atoms with Crippen LogP contribution in [0.5, 0.6) is 0 Å². The third-order valence-corrected chi connectivity index (χ3v) is 3.35. The lowest BCUT2D eigenvalue weighted by Gasteiger charge is -2.10. The molecule has 1 heterocycles. The van der Waals surface area contributed by atoms with E-state index in [-0.39, 0.29) is 0 Å². The highest BCUT2D eigenvalue weighted by atomic mass is 32.1. The Morgan fingerprint density at radius 3 is 2.94 bits per heavy atom. The van der Waals surface area contributed by atoms with E-state index in [9.17, 15) is 5.11 Å². The van der Waals surface area contributed by atoms with Crippen LogP contribution < -0.4 is 0 Å². The van der Waals surface area contributed by atoms with Crippen LogP contribution in [0.15, 0.2) is 24.3 Å². The van der Waals surface area contributed by atoms with Crippen molar-refractivity contribution in [2.75, 3.05) is 0 Å². The number of aromatic nitrogens is 2. The minimum absolute atomic E-state index is 0.602. The van der Waals surface area contributed by atoms with Crippen LogP contribution in [0.3, 0.4) is 0 Å². The summed E-state index contributed by atoms with van der Waals surface area (Å²) in [6.45, 7) is 4.03. The van der Waals surface area contributed by atoms with Crippen LogP contribution in [0.25, 0.3) is 0 Å². The van der Waals surface area contributed by atoms with Gasteiger partial charge in [0.15, 0.2) is 0 Å². The predicted molar refractivity (Wildman–Crippen MR) is 64.5 cm³/mol. The first-order chi connectivity index (χ1) is 7.72. The predicted octanol–water partition coefficient (Wildman–Crippen LogP) is 2.49. The van der Waals surface area contributed by atoms with Gasteiger partial charge >= 0.3 is 0 Å². The van der Waals surface area contributed by atoms with Gasteiger partial charge in [0.05, 0.1) is 10.6 Å². The molecule has 0 fully saturated rings. The molecule has 4 heteroatoms. The van der Waals surface area contributed by atoms with Crippen LogP contribution in [0.1, 0.15) is 34.7 Å². The molecule has 1 unspecified atom stereocenters. The largest absolute Gasteiger partial charge is 0.383 e. The van der Waals surface area contributed by atoms with Crippen molar-refractivity contribution in [1.29, 1.82) is 0 Å². The fourth-order valence-electron chi connectivity index (χ4n) is 1.66. The molecular weight excluding hydrogens is 220 g/mol. The maximum Gasteiger partial charge on any atom is 0.117 e. The minimum atomic E-state index is -0.602. The van der Waals surface area contributed by atoms with Gasteiger partial charge < -0.3 is 5.11 Å². The first-order valence-electron chi connectivity index (χ1n) is 5.28. The first kappa shape index (κ1) is 11.2. The highest BCUT2D eigenvalue weighted by Gasteiger charge is 2.17. The van der Waals surface area contributed by atoms with E-state index in [1.807, 2.05) is 38.1 Å². The van der Waals surface area contributed by atoms with E-state index in [1.165, 1.54) is 11.5 Å². The van der Waals surface area contributed by atoms with Crippen molar-refractivity contribution in [2.45, 2.75) is 26.4 Å². The summed E-state index contributed by atoms with van der Waals surface area (Å²) >= 11 is 1.27. The van der Waals surface area contributed by atoms with Gasteiger partial charge in [-0.05, 0) is 30.4 Å². The number of rotatable bonds is 3. The normalized spacial score (nSPS) is 12.7. The lowest BCUT2D eigenvalue weighted by atomic mass is 10.0. The van der Waals surface area contributed by atoms with Gasteiger partial charge in [-0.25, -0.2) is 0 Å². The molecule has 3 nitrogen and oxygen atoms in total. The summed E-state index contributed by atoms with van der Waals surface area (Å²) in [5, 5.41) is 14.3. The molecule has 0 saturated heterocycles. The van der Waals surface area contributed by atoms with Crippen molar-refractivity contribution < 1.29 is 5.11 Å². The number of hydrogen-bond acceptors (Lipinski definition) is 4. The van der Waals surface area contributed by atoms with Gasteiger partial charge in [0, 0.05) is 0 Å². The molecule has 1 aromatic heterocycles. The van der Waals surface area contributed by atoms with E-state index in [2.05, 4.69) is 9.59 Å². The van der Waals surface area contributed by atoms with Crippen LogP contribution in [-0.2, 0) is 6.42 Å². The molecule has 1 atom stereocenters. The van der Waals surface area contributed by atoms with E-state index in [1.54, 1.807) is 0 Å². The van der Waals surface area contributed by atoms with E-state index >= 15 is 0 Å². The maximum absolute atomic E-state index is 10.2. The molecule has 0 aliphatic rings. The number of benzene rings is 1. The summed E-state index contributed by atoms with van der Waals surface area (Å²) in [5.74, 6) is 0. The van der Waals surface area contributed by atoms with Crippen molar-refractivity contribution in [3.05, 3.63) is 46.0 Å². The average molecular weight is 234 g/mol. The number of nitrogens with zero attached hydrogens (tertiary/aromatic N) is 2.